The molecule has 138 valence electrons. The number of thioether (sulfide) groups is 1. The molecule has 3 heterocycles. The first kappa shape index (κ1) is 18.9. The minimum Gasteiger partial charge on any atom is -0.392 e. The number of rotatable bonds is 7. The highest BCUT2D eigenvalue weighted by atomic mass is 32.2. The summed E-state index contributed by atoms with van der Waals surface area (Å²) in [6.45, 7) is 9.33. The molecule has 0 aliphatic carbocycles. The van der Waals surface area contributed by atoms with Gasteiger partial charge in [0, 0.05) is 23.6 Å². The van der Waals surface area contributed by atoms with E-state index in [0.717, 1.165) is 39.8 Å². The fourth-order valence-corrected chi connectivity index (χ4v) is 4.96. The van der Waals surface area contributed by atoms with Gasteiger partial charge in [0.25, 0.3) is 0 Å². The Labute approximate surface area is 157 Å². The molecule has 0 bridgehead atoms. The van der Waals surface area contributed by atoms with Gasteiger partial charge >= 0.3 is 0 Å². The second-order valence-corrected chi connectivity index (χ2v) is 9.34. The summed E-state index contributed by atoms with van der Waals surface area (Å²) in [5.74, 6) is 1.87. The Morgan fingerprint density at radius 1 is 1.40 bits per heavy atom. The van der Waals surface area contributed by atoms with Crippen LogP contribution in [0.25, 0.3) is 10.2 Å². The predicted octanol–water partition coefficient (Wildman–Crippen LogP) is 4.23. The third kappa shape index (κ3) is 4.45. The van der Waals surface area contributed by atoms with E-state index in [1.165, 1.54) is 16.9 Å². The molecule has 1 aliphatic heterocycles. The maximum Gasteiger partial charge on any atom is 0.190 e. The molecule has 1 aliphatic rings. The molecule has 0 saturated carbocycles. The minimum absolute atomic E-state index is 0.170. The first-order valence-corrected chi connectivity index (χ1v) is 10.7. The lowest BCUT2D eigenvalue weighted by Crippen LogP contribution is -2.31. The van der Waals surface area contributed by atoms with Crippen molar-refractivity contribution in [1.29, 1.82) is 0 Å². The van der Waals surface area contributed by atoms with Crippen LogP contribution in [0, 0.1) is 0 Å². The molecule has 2 aromatic heterocycles. The van der Waals surface area contributed by atoms with E-state index in [2.05, 4.69) is 26.1 Å². The first-order valence-electron chi connectivity index (χ1n) is 8.90. The lowest BCUT2D eigenvalue weighted by atomic mass is 9.94. The van der Waals surface area contributed by atoms with E-state index in [9.17, 15) is 5.11 Å². The van der Waals surface area contributed by atoms with Crippen LogP contribution in [-0.2, 0) is 17.8 Å². The molecule has 2 N–H and O–H groups in total. The van der Waals surface area contributed by atoms with Gasteiger partial charge in [-0.05, 0) is 32.8 Å². The molecule has 0 amide bonds. The smallest absolute Gasteiger partial charge is 0.190 e. The molecule has 0 radical (unpaired) electrons. The van der Waals surface area contributed by atoms with E-state index >= 15 is 0 Å². The van der Waals surface area contributed by atoms with Crippen molar-refractivity contribution in [3.63, 3.8) is 0 Å². The van der Waals surface area contributed by atoms with Crippen LogP contribution in [0.1, 0.15) is 51.0 Å². The van der Waals surface area contributed by atoms with Gasteiger partial charge in [0.15, 0.2) is 5.16 Å². The number of fused-ring (bicyclic) bond motifs is 3. The maximum atomic E-state index is 9.67. The number of thiophene rings is 1. The Kier molecular flexibility index (Phi) is 5.88. The Balaban J connectivity index is 2.01. The summed E-state index contributed by atoms with van der Waals surface area (Å²) >= 11 is 3.42. The average Bonchev–Trinajstić information content (AvgIpc) is 2.89. The molecule has 1 unspecified atom stereocenters. The Bertz CT molecular complexity index is 743. The van der Waals surface area contributed by atoms with Crippen molar-refractivity contribution in [3.8, 4) is 0 Å². The Hall–Kier alpha value is -0.890. The van der Waals surface area contributed by atoms with Crippen molar-refractivity contribution in [2.24, 2.45) is 0 Å². The second kappa shape index (κ2) is 7.78. The third-order valence-corrected chi connectivity index (χ3v) is 6.24. The summed E-state index contributed by atoms with van der Waals surface area (Å²) in [6, 6.07) is 0. The van der Waals surface area contributed by atoms with Gasteiger partial charge in [-0.1, -0.05) is 25.1 Å². The number of aliphatic hydroxyl groups is 1. The van der Waals surface area contributed by atoms with Gasteiger partial charge in [-0.25, -0.2) is 9.97 Å². The van der Waals surface area contributed by atoms with Crippen molar-refractivity contribution in [2.75, 3.05) is 17.6 Å². The van der Waals surface area contributed by atoms with Crippen LogP contribution in [0.3, 0.4) is 0 Å². The first-order chi connectivity index (χ1) is 11.9. The number of aliphatic hydroxyl groups excluding tert-OH is 1. The number of hydrogen-bond acceptors (Lipinski definition) is 7. The van der Waals surface area contributed by atoms with Gasteiger partial charge in [-0.3, -0.25) is 0 Å². The Morgan fingerprint density at radius 3 is 2.92 bits per heavy atom. The molecule has 0 spiro atoms. The van der Waals surface area contributed by atoms with Gasteiger partial charge in [0.2, 0.25) is 0 Å². The quantitative estimate of drug-likeness (QED) is 0.425. The van der Waals surface area contributed by atoms with Crippen molar-refractivity contribution >= 4 is 39.1 Å². The van der Waals surface area contributed by atoms with E-state index in [-0.39, 0.29) is 5.60 Å². The summed E-state index contributed by atoms with van der Waals surface area (Å²) in [4.78, 5) is 11.8. The monoisotopic (exact) mass is 381 g/mol. The number of ether oxygens (including phenoxy) is 1. The number of nitrogens with one attached hydrogen (secondary N) is 1. The predicted molar refractivity (Wildman–Crippen MR) is 106 cm³/mol. The topological polar surface area (TPSA) is 67.3 Å². The zero-order valence-electron chi connectivity index (χ0n) is 15.4. The largest absolute Gasteiger partial charge is 0.392 e. The summed E-state index contributed by atoms with van der Waals surface area (Å²) in [5, 5.41) is 14.9. The molecule has 0 saturated heterocycles. The summed E-state index contributed by atoms with van der Waals surface area (Å²) in [6.07, 6.45) is 2.76. The van der Waals surface area contributed by atoms with E-state index in [0.29, 0.717) is 13.2 Å². The molecule has 7 heteroatoms. The number of anilines is 1. The summed E-state index contributed by atoms with van der Waals surface area (Å²) in [7, 11) is 0. The normalized spacial score (nSPS) is 17.5. The number of aromatic nitrogens is 2. The molecular weight excluding hydrogens is 354 g/mol. The van der Waals surface area contributed by atoms with Gasteiger partial charge in [-0.2, -0.15) is 0 Å². The second-order valence-electron chi connectivity index (χ2n) is 7.20. The van der Waals surface area contributed by atoms with Crippen LogP contribution in [0.15, 0.2) is 5.16 Å². The highest BCUT2D eigenvalue weighted by molar-refractivity contribution is 7.99. The van der Waals surface area contributed by atoms with Gasteiger partial charge in [-0.15, -0.1) is 11.3 Å². The van der Waals surface area contributed by atoms with E-state index < -0.39 is 6.10 Å². The molecule has 1 atom stereocenters. The number of hydrogen-bond donors (Lipinski definition) is 2. The highest BCUT2D eigenvalue weighted by Gasteiger charge is 2.31. The maximum absolute atomic E-state index is 9.67. The standard InChI is InChI=1S/C18H27N3O2S2/c1-5-6-7-24-17-20-15(19-9-11(2)22)14-12-8-18(3,4)23-10-13(12)25-16(14)21-17/h11,22H,5-10H2,1-4H3,(H,19,20,21). The average molecular weight is 382 g/mol. The molecule has 2 aromatic rings. The SMILES string of the molecule is CCCCSc1nc(NCC(C)O)c2c3c(sc2n1)COC(C)(C)C3. The van der Waals surface area contributed by atoms with E-state index in [1.807, 2.05) is 0 Å². The van der Waals surface area contributed by atoms with Crippen LogP contribution >= 0.6 is 23.1 Å². The van der Waals surface area contributed by atoms with Gasteiger partial charge < -0.3 is 15.2 Å². The summed E-state index contributed by atoms with van der Waals surface area (Å²) < 4.78 is 5.97. The van der Waals surface area contributed by atoms with Crippen molar-refractivity contribution < 1.29 is 9.84 Å². The van der Waals surface area contributed by atoms with Crippen LogP contribution in [0.2, 0.25) is 0 Å². The highest BCUT2D eigenvalue weighted by Crippen LogP contribution is 2.41. The third-order valence-electron chi connectivity index (χ3n) is 4.20. The minimum atomic E-state index is -0.421. The summed E-state index contributed by atoms with van der Waals surface area (Å²) in [5.41, 5.74) is 1.13. The van der Waals surface area contributed by atoms with Crippen LogP contribution < -0.4 is 5.32 Å². The molecule has 0 aromatic carbocycles. The molecule has 25 heavy (non-hydrogen) atoms. The zero-order valence-corrected chi connectivity index (χ0v) is 17.0. The molecular formula is C18H27N3O2S2. The number of unbranched alkanes of at least 4 members (excludes halogenated alkanes) is 1. The van der Waals surface area contributed by atoms with Crippen molar-refractivity contribution in [1.82, 2.24) is 9.97 Å². The van der Waals surface area contributed by atoms with Crippen LogP contribution in [-0.4, -0.2) is 39.1 Å². The van der Waals surface area contributed by atoms with E-state index in [1.54, 1.807) is 30.0 Å². The molecule has 0 fully saturated rings. The number of nitrogens with zero attached hydrogens (tertiary/aromatic N) is 2. The molecule has 5 nitrogen and oxygen atoms in total. The van der Waals surface area contributed by atoms with Gasteiger partial charge in [0.1, 0.15) is 10.6 Å². The van der Waals surface area contributed by atoms with E-state index in [4.69, 9.17) is 14.7 Å². The fourth-order valence-electron chi connectivity index (χ4n) is 2.87. The fraction of sp³-hybridized carbons (Fsp3) is 0.667. The van der Waals surface area contributed by atoms with Gasteiger partial charge in [0.05, 0.1) is 23.7 Å². The van der Waals surface area contributed by atoms with Crippen molar-refractivity contribution in [2.45, 2.75) is 70.4 Å². The zero-order chi connectivity index (χ0) is 18.0. The van der Waals surface area contributed by atoms with Crippen LogP contribution in [0.5, 0.6) is 0 Å². The van der Waals surface area contributed by atoms with Crippen molar-refractivity contribution in [3.05, 3.63) is 10.4 Å². The van der Waals surface area contributed by atoms with Crippen LogP contribution in [0.4, 0.5) is 5.82 Å². The Morgan fingerprint density at radius 2 is 2.20 bits per heavy atom. The molecule has 3 rings (SSSR count). The lowest BCUT2D eigenvalue weighted by Gasteiger charge is -2.30. The lowest BCUT2D eigenvalue weighted by molar-refractivity contribution is -0.0379.